The van der Waals surface area contributed by atoms with Crippen LogP contribution in [0.25, 0.3) is 0 Å². The van der Waals surface area contributed by atoms with Gasteiger partial charge in [0.25, 0.3) is 0 Å². The average molecular weight is 288 g/mol. The molecule has 0 radical (unpaired) electrons. The van der Waals surface area contributed by atoms with E-state index < -0.39 is 0 Å². The number of hydrogen-bond donors (Lipinski definition) is 0. The van der Waals surface area contributed by atoms with Gasteiger partial charge in [0.1, 0.15) is 0 Å². The fourth-order valence-corrected chi connectivity index (χ4v) is 3.45. The Hall–Kier alpha value is -0.860. The van der Waals surface area contributed by atoms with Gasteiger partial charge in [0.15, 0.2) is 0 Å². The molecule has 2 heteroatoms. The molecule has 0 bridgehead atoms. The summed E-state index contributed by atoms with van der Waals surface area (Å²) in [6.07, 6.45) is 4.12. The van der Waals surface area contributed by atoms with Crippen LogP contribution in [0, 0.1) is 0 Å². The van der Waals surface area contributed by atoms with Crippen molar-refractivity contribution >= 4 is 0 Å². The van der Waals surface area contributed by atoms with E-state index >= 15 is 0 Å². The number of likely N-dealkylation sites (tertiary alicyclic amines) is 1. The van der Waals surface area contributed by atoms with Crippen LogP contribution in [0.3, 0.4) is 0 Å². The maximum Gasteiger partial charge on any atom is 0.0237 e. The summed E-state index contributed by atoms with van der Waals surface area (Å²) in [5.74, 6) is 0. The van der Waals surface area contributed by atoms with E-state index in [0.29, 0.717) is 12.1 Å². The van der Waals surface area contributed by atoms with E-state index in [1.807, 2.05) is 0 Å². The zero-order chi connectivity index (χ0) is 15.2. The number of benzene rings is 1. The SMILES string of the molecule is CC(C)N(Cc1ccccc1)CC1CCCCN1C(C)C. The number of hydrogen-bond acceptors (Lipinski definition) is 2. The highest BCUT2D eigenvalue weighted by molar-refractivity contribution is 5.14. The van der Waals surface area contributed by atoms with Crippen LogP contribution in [0.5, 0.6) is 0 Å². The van der Waals surface area contributed by atoms with Gasteiger partial charge in [0.2, 0.25) is 0 Å². The second-order valence-corrected chi connectivity index (χ2v) is 6.99. The molecular weight excluding hydrogens is 256 g/mol. The molecule has 1 aliphatic rings. The van der Waals surface area contributed by atoms with Crippen LogP contribution in [0.4, 0.5) is 0 Å². The predicted octanol–water partition coefficient (Wildman–Crippen LogP) is 4.16. The minimum absolute atomic E-state index is 0.598. The molecule has 0 aromatic heterocycles. The molecule has 1 aromatic rings. The van der Waals surface area contributed by atoms with E-state index in [0.717, 1.165) is 12.6 Å². The van der Waals surface area contributed by atoms with Crippen LogP contribution in [-0.2, 0) is 6.54 Å². The lowest BCUT2D eigenvalue weighted by Gasteiger charge is -2.42. The van der Waals surface area contributed by atoms with Crippen molar-refractivity contribution in [1.29, 1.82) is 0 Å². The molecule has 1 fully saturated rings. The Bertz CT molecular complexity index is 399. The van der Waals surface area contributed by atoms with E-state index in [1.54, 1.807) is 0 Å². The standard InChI is InChI=1S/C19H32N2/c1-16(2)20(14-18-10-6-5-7-11-18)15-19-12-8-9-13-21(19)17(3)4/h5-7,10-11,16-17,19H,8-9,12-15H2,1-4H3. The van der Waals surface area contributed by atoms with Crippen LogP contribution in [0.1, 0.15) is 52.5 Å². The Morgan fingerprint density at radius 3 is 2.43 bits per heavy atom. The molecule has 0 spiro atoms. The van der Waals surface area contributed by atoms with Crippen molar-refractivity contribution in [3.05, 3.63) is 35.9 Å². The second-order valence-electron chi connectivity index (χ2n) is 6.99. The van der Waals surface area contributed by atoms with E-state index in [2.05, 4.69) is 67.8 Å². The van der Waals surface area contributed by atoms with Crippen LogP contribution in [-0.4, -0.2) is 41.0 Å². The summed E-state index contributed by atoms with van der Waals surface area (Å²) >= 11 is 0. The molecule has 1 aromatic carbocycles. The third-order valence-electron chi connectivity index (χ3n) is 4.74. The van der Waals surface area contributed by atoms with Gasteiger partial charge in [-0.1, -0.05) is 36.8 Å². The van der Waals surface area contributed by atoms with Crippen LogP contribution >= 0.6 is 0 Å². The monoisotopic (exact) mass is 288 g/mol. The van der Waals surface area contributed by atoms with Gasteiger partial charge in [-0.2, -0.15) is 0 Å². The van der Waals surface area contributed by atoms with Gasteiger partial charge >= 0.3 is 0 Å². The molecule has 21 heavy (non-hydrogen) atoms. The third kappa shape index (κ3) is 4.82. The predicted molar refractivity (Wildman–Crippen MR) is 91.5 cm³/mol. The van der Waals surface area contributed by atoms with Crippen molar-refractivity contribution in [2.75, 3.05) is 13.1 Å². The zero-order valence-corrected chi connectivity index (χ0v) is 14.3. The molecule has 0 amide bonds. The van der Waals surface area contributed by atoms with Crippen LogP contribution in [0.2, 0.25) is 0 Å². The zero-order valence-electron chi connectivity index (χ0n) is 14.3. The van der Waals surface area contributed by atoms with Crippen molar-refractivity contribution in [2.45, 2.75) is 71.6 Å². The van der Waals surface area contributed by atoms with Crippen molar-refractivity contribution < 1.29 is 0 Å². The smallest absolute Gasteiger partial charge is 0.0237 e. The summed E-state index contributed by atoms with van der Waals surface area (Å²) in [7, 11) is 0. The molecule has 0 N–H and O–H groups in total. The maximum atomic E-state index is 2.71. The van der Waals surface area contributed by atoms with E-state index in [9.17, 15) is 0 Å². The summed E-state index contributed by atoms with van der Waals surface area (Å²) in [5, 5.41) is 0. The Labute approximate surface area is 131 Å². The molecule has 2 nitrogen and oxygen atoms in total. The van der Waals surface area contributed by atoms with E-state index in [4.69, 9.17) is 0 Å². The van der Waals surface area contributed by atoms with Crippen molar-refractivity contribution in [3.63, 3.8) is 0 Å². The highest BCUT2D eigenvalue weighted by Gasteiger charge is 2.27. The molecule has 1 unspecified atom stereocenters. The summed E-state index contributed by atoms with van der Waals surface area (Å²) in [4.78, 5) is 5.35. The first-order valence-corrected chi connectivity index (χ1v) is 8.61. The van der Waals surface area contributed by atoms with Gasteiger partial charge in [-0.05, 0) is 52.6 Å². The molecular formula is C19H32N2. The molecule has 0 saturated carbocycles. The Kier molecular flexibility index (Phi) is 6.25. The molecule has 2 rings (SSSR count). The lowest BCUT2D eigenvalue weighted by atomic mass is 9.99. The fourth-order valence-electron chi connectivity index (χ4n) is 3.45. The second kappa shape index (κ2) is 7.95. The lowest BCUT2D eigenvalue weighted by molar-refractivity contribution is 0.0649. The van der Waals surface area contributed by atoms with Gasteiger partial charge in [-0.25, -0.2) is 0 Å². The molecule has 1 heterocycles. The molecule has 0 aliphatic carbocycles. The Morgan fingerprint density at radius 2 is 1.81 bits per heavy atom. The largest absolute Gasteiger partial charge is 0.297 e. The van der Waals surface area contributed by atoms with E-state index in [1.165, 1.54) is 37.9 Å². The number of piperidine rings is 1. The summed E-state index contributed by atoms with van der Waals surface area (Å²) < 4.78 is 0. The van der Waals surface area contributed by atoms with Crippen LogP contribution in [0.15, 0.2) is 30.3 Å². The summed E-state index contributed by atoms with van der Waals surface area (Å²) in [5.41, 5.74) is 1.43. The number of nitrogens with zero attached hydrogens (tertiary/aromatic N) is 2. The molecule has 1 saturated heterocycles. The topological polar surface area (TPSA) is 6.48 Å². The third-order valence-corrected chi connectivity index (χ3v) is 4.74. The van der Waals surface area contributed by atoms with E-state index in [-0.39, 0.29) is 0 Å². The highest BCUT2D eigenvalue weighted by Crippen LogP contribution is 2.22. The minimum atomic E-state index is 0.598. The van der Waals surface area contributed by atoms with Gasteiger partial charge in [0.05, 0.1) is 0 Å². The van der Waals surface area contributed by atoms with Gasteiger partial charge in [-0.3, -0.25) is 9.80 Å². The average Bonchev–Trinajstić information content (AvgIpc) is 2.48. The fraction of sp³-hybridized carbons (Fsp3) is 0.684. The van der Waals surface area contributed by atoms with Crippen molar-refractivity contribution in [3.8, 4) is 0 Å². The summed E-state index contributed by atoms with van der Waals surface area (Å²) in [6.45, 7) is 12.9. The van der Waals surface area contributed by atoms with Gasteiger partial charge in [0, 0.05) is 31.2 Å². The van der Waals surface area contributed by atoms with Gasteiger partial charge < -0.3 is 0 Å². The molecule has 1 aliphatic heterocycles. The first-order valence-electron chi connectivity index (χ1n) is 8.61. The maximum absolute atomic E-state index is 2.71. The Balaban J connectivity index is 2.01. The van der Waals surface area contributed by atoms with Gasteiger partial charge in [-0.15, -0.1) is 0 Å². The molecule has 1 atom stereocenters. The normalized spacial score (nSPS) is 20.6. The highest BCUT2D eigenvalue weighted by atomic mass is 15.2. The quantitative estimate of drug-likeness (QED) is 0.775. The van der Waals surface area contributed by atoms with Crippen LogP contribution < -0.4 is 0 Å². The minimum Gasteiger partial charge on any atom is -0.297 e. The lowest BCUT2D eigenvalue weighted by Crippen LogP contribution is -2.50. The first-order chi connectivity index (χ1) is 10.1. The number of rotatable bonds is 6. The van der Waals surface area contributed by atoms with Crippen molar-refractivity contribution in [2.24, 2.45) is 0 Å². The first kappa shape index (κ1) is 16.5. The Morgan fingerprint density at radius 1 is 1.10 bits per heavy atom. The van der Waals surface area contributed by atoms with Crippen molar-refractivity contribution in [1.82, 2.24) is 9.80 Å². The molecule has 118 valence electrons. The summed E-state index contributed by atoms with van der Waals surface area (Å²) in [6, 6.07) is 12.9.